The molecular weight excluding hydrogens is 202 g/mol. The van der Waals surface area contributed by atoms with E-state index in [0.29, 0.717) is 0 Å². The van der Waals surface area contributed by atoms with E-state index in [-0.39, 0.29) is 12.6 Å². The summed E-state index contributed by atoms with van der Waals surface area (Å²) in [5.41, 5.74) is 0. The second kappa shape index (κ2) is 5.92. The van der Waals surface area contributed by atoms with Crippen LogP contribution in [0.15, 0.2) is 18.5 Å². The van der Waals surface area contributed by atoms with E-state index in [9.17, 15) is 5.11 Å². The van der Waals surface area contributed by atoms with Gasteiger partial charge in [-0.3, -0.25) is 4.90 Å². The van der Waals surface area contributed by atoms with Crippen molar-refractivity contribution in [2.75, 3.05) is 13.2 Å². The third-order valence-electron chi connectivity index (χ3n) is 3.17. The van der Waals surface area contributed by atoms with E-state index in [2.05, 4.69) is 14.9 Å². The molecule has 1 fully saturated rings. The van der Waals surface area contributed by atoms with Crippen molar-refractivity contribution in [1.29, 1.82) is 0 Å². The lowest BCUT2D eigenvalue weighted by Gasteiger charge is -2.27. The molecule has 0 aliphatic carbocycles. The number of aliphatic hydroxyl groups excluding tert-OH is 1. The Morgan fingerprint density at radius 2 is 2.06 bits per heavy atom. The van der Waals surface area contributed by atoms with Gasteiger partial charge in [-0.05, 0) is 25.5 Å². The number of nitrogens with zero attached hydrogens (tertiary/aromatic N) is 3. The van der Waals surface area contributed by atoms with Crippen molar-refractivity contribution in [3.05, 3.63) is 24.3 Å². The maximum atomic E-state index is 9.38. The van der Waals surface area contributed by atoms with E-state index < -0.39 is 0 Å². The monoisotopic (exact) mass is 221 g/mol. The van der Waals surface area contributed by atoms with Crippen LogP contribution in [0.5, 0.6) is 0 Å². The lowest BCUT2D eigenvalue weighted by molar-refractivity contribution is 0.116. The molecular formula is C12H19N3O. The van der Waals surface area contributed by atoms with Crippen molar-refractivity contribution in [2.24, 2.45) is 0 Å². The Bertz CT molecular complexity index is 304. The molecule has 4 heteroatoms. The minimum absolute atomic E-state index is 0.243. The number of likely N-dealkylation sites (tertiary alicyclic amines) is 1. The Morgan fingerprint density at radius 1 is 1.25 bits per heavy atom. The molecule has 1 aromatic heterocycles. The molecule has 1 saturated heterocycles. The highest BCUT2D eigenvalue weighted by molar-refractivity contribution is 4.90. The molecule has 1 atom stereocenters. The van der Waals surface area contributed by atoms with Crippen LogP contribution in [-0.4, -0.2) is 39.2 Å². The van der Waals surface area contributed by atoms with Crippen LogP contribution >= 0.6 is 0 Å². The van der Waals surface area contributed by atoms with Crippen molar-refractivity contribution < 1.29 is 5.11 Å². The zero-order valence-corrected chi connectivity index (χ0v) is 9.55. The second-order valence-corrected chi connectivity index (χ2v) is 4.32. The van der Waals surface area contributed by atoms with Gasteiger partial charge in [0.05, 0.1) is 13.2 Å². The molecule has 16 heavy (non-hydrogen) atoms. The van der Waals surface area contributed by atoms with Crippen LogP contribution in [0, 0.1) is 0 Å². The molecule has 0 radical (unpaired) electrons. The molecule has 1 unspecified atom stereocenters. The van der Waals surface area contributed by atoms with E-state index in [1.165, 1.54) is 19.3 Å². The summed E-state index contributed by atoms with van der Waals surface area (Å²) in [5, 5.41) is 9.38. The Labute approximate surface area is 96.3 Å². The van der Waals surface area contributed by atoms with Crippen molar-refractivity contribution in [2.45, 2.75) is 38.3 Å². The van der Waals surface area contributed by atoms with Crippen LogP contribution in [0.4, 0.5) is 0 Å². The predicted octanol–water partition coefficient (Wildman–Crippen LogP) is 1.21. The first-order valence-corrected chi connectivity index (χ1v) is 6.01. The Kier molecular flexibility index (Phi) is 4.25. The topological polar surface area (TPSA) is 49.2 Å². The predicted molar refractivity (Wildman–Crippen MR) is 61.8 cm³/mol. The first-order valence-electron chi connectivity index (χ1n) is 6.01. The summed E-state index contributed by atoms with van der Waals surface area (Å²) in [7, 11) is 0. The van der Waals surface area contributed by atoms with Gasteiger partial charge in [-0.2, -0.15) is 0 Å². The standard InChI is InChI=1S/C12H19N3O/c16-10-11-5-2-1-3-8-15(11)9-12-13-6-4-7-14-12/h4,6-7,11,16H,1-3,5,8-10H2. The molecule has 2 rings (SSSR count). The third kappa shape index (κ3) is 3.00. The fraction of sp³-hybridized carbons (Fsp3) is 0.667. The van der Waals surface area contributed by atoms with Crippen LogP contribution in [0.2, 0.25) is 0 Å². The Balaban J connectivity index is 2.00. The van der Waals surface area contributed by atoms with Gasteiger partial charge >= 0.3 is 0 Å². The average Bonchev–Trinajstić information content (AvgIpc) is 2.55. The summed E-state index contributed by atoms with van der Waals surface area (Å²) in [4.78, 5) is 10.8. The first-order chi connectivity index (χ1) is 7.90. The van der Waals surface area contributed by atoms with Crippen LogP contribution in [0.25, 0.3) is 0 Å². The van der Waals surface area contributed by atoms with Gasteiger partial charge in [-0.15, -0.1) is 0 Å². The summed E-state index contributed by atoms with van der Waals surface area (Å²) in [6, 6.07) is 2.11. The van der Waals surface area contributed by atoms with Gasteiger partial charge in [0.1, 0.15) is 5.82 Å². The minimum Gasteiger partial charge on any atom is -0.395 e. The molecule has 0 saturated carbocycles. The molecule has 1 N–H and O–H groups in total. The van der Waals surface area contributed by atoms with Crippen molar-refractivity contribution in [1.82, 2.24) is 14.9 Å². The van der Waals surface area contributed by atoms with Crippen molar-refractivity contribution in [3.63, 3.8) is 0 Å². The van der Waals surface area contributed by atoms with Gasteiger partial charge in [-0.25, -0.2) is 9.97 Å². The Morgan fingerprint density at radius 3 is 2.81 bits per heavy atom. The molecule has 0 amide bonds. The molecule has 0 aromatic carbocycles. The first kappa shape index (κ1) is 11.5. The highest BCUT2D eigenvalue weighted by Crippen LogP contribution is 2.17. The highest BCUT2D eigenvalue weighted by Gasteiger charge is 2.20. The minimum atomic E-state index is 0.243. The average molecular weight is 221 g/mol. The van der Waals surface area contributed by atoms with Crippen molar-refractivity contribution >= 4 is 0 Å². The van der Waals surface area contributed by atoms with Crippen LogP contribution in [-0.2, 0) is 6.54 Å². The van der Waals surface area contributed by atoms with E-state index in [1.807, 2.05) is 6.07 Å². The van der Waals surface area contributed by atoms with Gasteiger partial charge in [0.2, 0.25) is 0 Å². The number of hydrogen-bond acceptors (Lipinski definition) is 4. The zero-order valence-electron chi connectivity index (χ0n) is 9.55. The fourth-order valence-electron chi connectivity index (χ4n) is 2.24. The summed E-state index contributed by atoms with van der Waals surface area (Å²) < 4.78 is 0. The van der Waals surface area contributed by atoms with E-state index in [4.69, 9.17) is 0 Å². The number of aromatic nitrogens is 2. The second-order valence-electron chi connectivity index (χ2n) is 4.32. The molecule has 2 heterocycles. The van der Waals surface area contributed by atoms with E-state index in [0.717, 1.165) is 25.3 Å². The summed E-state index contributed by atoms with van der Waals surface area (Å²) in [5.74, 6) is 0.850. The summed E-state index contributed by atoms with van der Waals surface area (Å²) in [6.45, 7) is 2.04. The van der Waals surface area contributed by atoms with Crippen LogP contribution in [0.1, 0.15) is 31.5 Å². The fourth-order valence-corrected chi connectivity index (χ4v) is 2.24. The molecule has 0 spiro atoms. The molecule has 88 valence electrons. The number of rotatable bonds is 3. The van der Waals surface area contributed by atoms with Gasteiger partial charge in [0, 0.05) is 18.4 Å². The van der Waals surface area contributed by atoms with Crippen molar-refractivity contribution in [3.8, 4) is 0 Å². The maximum Gasteiger partial charge on any atom is 0.142 e. The SMILES string of the molecule is OCC1CCCCCN1Cc1ncccn1. The molecule has 1 aliphatic rings. The molecule has 1 aliphatic heterocycles. The number of aliphatic hydroxyl groups is 1. The van der Waals surface area contributed by atoms with E-state index in [1.54, 1.807) is 12.4 Å². The molecule has 1 aromatic rings. The number of hydrogen-bond donors (Lipinski definition) is 1. The zero-order chi connectivity index (χ0) is 11.2. The largest absolute Gasteiger partial charge is 0.395 e. The quantitative estimate of drug-likeness (QED) is 0.833. The van der Waals surface area contributed by atoms with Gasteiger partial charge in [-0.1, -0.05) is 12.8 Å². The van der Waals surface area contributed by atoms with E-state index >= 15 is 0 Å². The smallest absolute Gasteiger partial charge is 0.142 e. The normalized spacial score (nSPS) is 22.9. The maximum absolute atomic E-state index is 9.38. The van der Waals surface area contributed by atoms with Gasteiger partial charge < -0.3 is 5.11 Å². The van der Waals surface area contributed by atoms with Gasteiger partial charge in [0.25, 0.3) is 0 Å². The molecule has 0 bridgehead atoms. The van der Waals surface area contributed by atoms with Crippen LogP contribution in [0.3, 0.4) is 0 Å². The lowest BCUT2D eigenvalue weighted by atomic mass is 10.1. The lowest BCUT2D eigenvalue weighted by Crippen LogP contribution is -2.37. The summed E-state index contributed by atoms with van der Waals surface area (Å²) >= 11 is 0. The highest BCUT2D eigenvalue weighted by atomic mass is 16.3. The third-order valence-corrected chi connectivity index (χ3v) is 3.17. The van der Waals surface area contributed by atoms with Crippen LogP contribution < -0.4 is 0 Å². The molecule has 4 nitrogen and oxygen atoms in total. The van der Waals surface area contributed by atoms with Gasteiger partial charge in [0.15, 0.2) is 0 Å². The summed E-state index contributed by atoms with van der Waals surface area (Å²) in [6.07, 6.45) is 8.33. The Hall–Kier alpha value is -1.00.